The fraction of sp³-hybridized carbons (Fsp3) is 0.400. The average Bonchev–Trinajstić information content (AvgIpc) is 3.14. The zero-order chi connectivity index (χ0) is 19.3. The van der Waals surface area contributed by atoms with Gasteiger partial charge in [0.1, 0.15) is 0 Å². The van der Waals surface area contributed by atoms with E-state index >= 15 is 0 Å². The minimum absolute atomic E-state index is 0.159. The van der Waals surface area contributed by atoms with Gasteiger partial charge in [-0.2, -0.15) is 0 Å². The topological polar surface area (TPSA) is 87.5 Å². The van der Waals surface area contributed by atoms with Crippen LogP contribution in [0.1, 0.15) is 37.2 Å². The second kappa shape index (κ2) is 8.35. The molecule has 0 spiro atoms. The van der Waals surface area contributed by atoms with Crippen LogP contribution in [0.4, 0.5) is 4.79 Å². The lowest BCUT2D eigenvalue weighted by Crippen LogP contribution is -2.48. The summed E-state index contributed by atoms with van der Waals surface area (Å²) in [5.74, 6) is 0.720. The Labute approximate surface area is 164 Å². The van der Waals surface area contributed by atoms with Crippen molar-refractivity contribution >= 4 is 11.7 Å². The number of amides is 2. The number of aromatic nitrogens is 4. The number of likely N-dealkylation sites (tertiary alicyclic amines) is 1. The van der Waals surface area contributed by atoms with Gasteiger partial charge in [0.2, 0.25) is 0 Å². The minimum Gasteiger partial charge on any atom is -0.335 e. The highest BCUT2D eigenvalue weighted by Gasteiger charge is 2.22. The number of pyridine rings is 2. The number of rotatable bonds is 5. The Morgan fingerprint density at radius 2 is 1.96 bits per heavy atom. The molecule has 0 bridgehead atoms. The molecule has 8 nitrogen and oxygen atoms in total. The summed E-state index contributed by atoms with van der Waals surface area (Å²) >= 11 is 0. The van der Waals surface area contributed by atoms with Crippen LogP contribution in [0, 0.1) is 0 Å². The standard InChI is InChI=1S/C20H25N7O/c1-15(19-25-24-18-4-2-3-11-27(18)19)22-20(28)23-17-7-12-26(13-8-17)14-16-5-9-21-10-6-16/h2-6,9-11,15,17H,7-8,12-14H2,1H3,(H2,22,23,28). The molecule has 2 N–H and O–H groups in total. The lowest BCUT2D eigenvalue weighted by atomic mass is 10.0. The molecular weight excluding hydrogens is 354 g/mol. The highest BCUT2D eigenvalue weighted by Crippen LogP contribution is 2.15. The van der Waals surface area contributed by atoms with Crippen molar-refractivity contribution in [1.29, 1.82) is 0 Å². The van der Waals surface area contributed by atoms with E-state index in [0.717, 1.165) is 43.9 Å². The van der Waals surface area contributed by atoms with E-state index in [1.54, 1.807) is 0 Å². The van der Waals surface area contributed by atoms with Gasteiger partial charge in [-0.25, -0.2) is 4.79 Å². The molecule has 0 aliphatic carbocycles. The summed E-state index contributed by atoms with van der Waals surface area (Å²) in [6.07, 6.45) is 7.45. The van der Waals surface area contributed by atoms with E-state index in [9.17, 15) is 4.79 Å². The zero-order valence-corrected chi connectivity index (χ0v) is 16.0. The molecule has 1 atom stereocenters. The number of nitrogens with one attached hydrogen (secondary N) is 2. The van der Waals surface area contributed by atoms with E-state index in [2.05, 4.69) is 30.7 Å². The fourth-order valence-electron chi connectivity index (χ4n) is 3.63. The number of piperidine rings is 1. The van der Waals surface area contributed by atoms with E-state index in [0.29, 0.717) is 0 Å². The van der Waals surface area contributed by atoms with Gasteiger partial charge in [-0.1, -0.05) is 6.07 Å². The largest absolute Gasteiger partial charge is 0.335 e. The van der Waals surface area contributed by atoms with Crippen molar-refractivity contribution in [1.82, 2.24) is 35.1 Å². The van der Waals surface area contributed by atoms with Crippen LogP contribution in [0.15, 0.2) is 48.9 Å². The smallest absolute Gasteiger partial charge is 0.315 e. The van der Waals surface area contributed by atoms with Crippen LogP contribution in [0.5, 0.6) is 0 Å². The van der Waals surface area contributed by atoms with Crippen LogP contribution in [0.3, 0.4) is 0 Å². The van der Waals surface area contributed by atoms with Gasteiger partial charge in [-0.15, -0.1) is 10.2 Å². The molecule has 3 aromatic heterocycles. The molecule has 0 aromatic carbocycles. The predicted octanol–water partition coefficient (Wildman–Crippen LogP) is 2.15. The maximum absolute atomic E-state index is 12.4. The summed E-state index contributed by atoms with van der Waals surface area (Å²) in [6, 6.07) is 9.63. The highest BCUT2D eigenvalue weighted by atomic mass is 16.2. The first-order valence-corrected chi connectivity index (χ1v) is 9.67. The molecular formula is C20H25N7O. The van der Waals surface area contributed by atoms with Gasteiger partial charge in [0.15, 0.2) is 11.5 Å². The van der Waals surface area contributed by atoms with Gasteiger partial charge in [0, 0.05) is 44.3 Å². The number of hydrogen-bond donors (Lipinski definition) is 2. The molecule has 0 radical (unpaired) electrons. The first-order chi connectivity index (χ1) is 13.7. The Kier molecular flexibility index (Phi) is 5.48. The molecule has 3 aromatic rings. The van der Waals surface area contributed by atoms with Crippen LogP contribution >= 0.6 is 0 Å². The summed E-state index contributed by atoms with van der Waals surface area (Å²) in [5.41, 5.74) is 2.04. The Bertz CT molecular complexity index is 918. The van der Waals surface area contributed by atoms with Crippen molar-refractivity contribution in [2.45, 2.75) is 38.4 Å². The van der Waals surface area contributed by atoms with Gasteiger partial charge in [-0.05, 0) is 49.6 Å². The van der Waals surface area contributed by atoms with Crippen LogP contribution in [0.25, 0.3) is 5.65 Å². The average molecular weight is 379 g/mol. The zero-order valence-electron chi connectivity index (χ0n) is 16.0. The Balaban J connectivity index is 1.25. The first kappa shape index (κ1) is 18.4. The second-order valence-corrected chi connectivity index (χ2v) is 7.23. The third kappa shape index (κ3) is 4.28. The van der Waals surface area contributed by atoms with E-state index in [4.69, 9.17) is 0 Å². The highest BCUT2D eigenvalue weighted by molar-refractivity contribution is 5.74. The molecule has 8 heteroatoms. The third-order valence-corrected chi connectivity index (χ3v) is 5.15. The molecule has 2 amide bonds. The van der Waals surface area contributed by atoms with Crippen molar-refractivity contribution in [2.24, 2.45) is 0 Å². The van der Waals surface area contributed by atoms with Crippen molar-refractivity contribution in [3.05, 3.63) is 60.3 Å². The van der Waals surface area contributed by atoms with Crippen LogP contribution in [-0.4, -0.2) is 49.6 Å². The van der Waals surface area contributed by atoms with Crippen molar-refractivity contribution in [2.75, 3.05) is 13.1 Å². The number of carbonyl (C=O) groups is 1. The monoisotopic (exact) mass is 379 g/mol. The quantitative estimate of drug-likeness (QED) is 0.709. The fourth-order valence-corrected chi connectivity index (χ4v) is 3.63. The predicted molar refractivity (Wildman–Crippen MR) is 106 cm³/mol. The summed E-state index contributed by atoms with van der Waals surface area (Å²) in [7, 11) is 0. The molecule has 4 heterocycles. The van der Waals surface area contributed by atoms with Gasteiger partial charge in [-0.3, -0.25) is 14.3 Å². The van der Waals surface area contributed by atoms with Crippen molar-refractivity contribution in [3.8, 4) is 0 Å². The molecule has 1 fully saturated rings. The minimum atomic E-state index is -0.232. The van der Waals surface area contributed by atoms with Crippen LogP contribution in [0.2, 0.25) is 0 Å². The number of carbonyl (C=O) groups excluding carboxylic acids is 1. The molecule has 4 rings (SSSR count). The molecule has 1 saturated heterocycles. The molecule has 0 saturated carbocycles. The van der Waals surface area contributed by atoms with E-state index in [1.165, 1.54) is 5.56 Å². The maximum Gasteiger partial charge on any atom is 0.315 e. The molecule has 1 aliphatic heterocycles. The molecule has 28 heavy (non-hydrogen) atoms. The lowest BCUT2D eigenvalue weighted by molar-refractivity contribution is 0.185. The molecule has 146 valence electrons. The summed E-state index contributed by atoms with van der Waals surface area (Å²) in [6.45, 7) is 4.79. The van der Waals surface area contributed by atoms with E-state index in [-0.39, 0.29) is 18.1 Å². The van der Waals surface area contributed by atoms with Crippen LogP contribution < -0.4 is 10.6 Å². The Morgan fingerprint density at radius 1 is 1.18 bits per heavy atom. The van der Waals surface area contributed by atoms with Gasteiger partial charge in [0.25, 0.3) is 0 Å². The van der Waals surface area contributed by atoms with E-state index in [1.807, 2.05) is 60.2 Å². The summed E-state index contributed by atoms with van der Waals surface area (Å²) in [5, 5.41) is 14.4. The van der Waals surface area contributed by atoms with Crippen molar-refractivity contribution in [3.63, 3.8) is 0 Å². The summed E-state index contributed by atoms with van der Waals surface area (Å²) < 4.78 is 1.89. The maximum atomic E-state index is 12.4. The number of fused-ring (bicyclic) bond motifs is 1. The van der Waals surface area contributed by atoms with Crippen molar-refractivity contribution < 1.29 is 4.79 Å². The first-order valence-electron chi connectivity index (χ1n) is 9.67. The number of hydrogen-bond acceptors (Lipinski definition) is 5. The lowest BCUT2D eigenvalue weighted by Gasteiger charge is -2.32. The normalized spacial score (nSPS) is 16.8. The second-order valence-electron chi connectivity index (χ2n) is 7.23. The van der Waals surface area contributed by atoms with Gasteiger partial charge < -0.3 is 10.6 Å². The SMILES string of the molecule is CC(NC(=O)NC1CCN(Cc2ccncc2)CC1)c1nnc2ccccn12. The Hall–Kier alpha value is -3.00. The number of nitrogens with zero attached hydrogens (tertiary/aromatic N) is 5. The molecule has 1 unspecified atom stereocenters. The number of urea groups is 1. The van der Waals surface area contributed by atoms with E-state index < -0.39 is 0 Å². The third-order valence-electron chi connectivity index (χ3n) is 5.15. The summed E-state index contributed by atoms with van der Waals surface area (Å²) in [4.78, 5) is 18.9. The Morgan fingerprint density at radius 3 is 2.75 bits per heavy atom. The van der Waals surface area contributed by atoms with Gasteiger partial charge >= 0.3 is 6.03 Å². The molecule has 1 aliphatic rings. The van der Waals surface area contributed by atoms with Gasteiger partial charge in [0.05, 0.1) is 6.04 Å². The van der Waals surface area contributed by atoms with Crippen LogP contribution in [-0.2, 0) is 6.54 Å².